The van der Waals surface area contributed by atoms with E-state index in [9.17, 15) is 0 Å². The second-order valence-electron chi connectivity index (χ2n) is 7.10. The maximum atomic E-state index is 2.48. The Labute approximate surface area is 120 Å². The molecule has 1 aromatic rings. The van der Waals surface area contributed by atoms with Crippen molar-refractivity contribution in [1.82, 2.24) is 0 Å². The van der Waals surface area contributed by atoms with Crippen molar-refractivity contribution < 1.29 is 0 Å². The summed E-state index contributed by atoms with van der Waals surface area (Å²) in [5.74, 6) is 0. The lowest BCUT2D eigenvalue weighted by atomic mass is 9.74. The fourth-order valence-electron chi connectivity index (χ4n) is 2.51. The largest absolute Gasteiger partial charge is 0.0651 e. The molecule has 0 aliphatic heterocycles. The molecule has 0 radical (unpaired) electrons. The molecule has 0 aromatic heterocycles. The molecule has 0 saturated heterocycles. The van der Waals surface area contributed by atoms with E-state index in [0.717, 1.165) is 0 Å². The van der Waals surface area contributed by atoms with Crippen molar-refractivity contribution in [3.05, 3.63) is 34.9 Å². The summed E-state index contributed by atoms with van der Waals surface area (Å²) in [5.41, 5.74) is 5.17. The highest BCUT2D eigenvalue weighted by Crippen LogP contribution is 2.35. The van der Waals surface area contributed by atoms with Gasteiger partial charge in [0.1, 0.15) is 0 Å². The zero-order chi connectivity index (χ0) is 14.7. The Morgan fingerprint density at radius 2 is 1.42 bits per heavy atom. The van der Waals surface area contributed by atoms with Gasteiger partial charge in [0, 0.05) is 0 Å². The molecule has 0 aliphatic carbocycles. The molecule has 108 valence electrons. The zero-order valence-electron chi connectivity index (χ0n) is 14.1. The maximum absolute atomic E-state index is 2.48. The molecule has 0 aliphatic rings. The highest BCUT2D eigenvalue weighted by atomic mass is 14.3. The Morgan fingerprint density at radius 1 is 0.842 bits per heavy atom. The summed E-state index contributed by atoms with van der Waals surface area (Å²) in [6.07, 6.45) is 4.81. The van der Waals surface area contributed by atoms with Gasteiger partial charge in [-0.25, -0.2) is 0 Å². The quantitative estimate of drug-likeness (QED) is 0.587. The second-order valence-corrected chi connectivity index (χ2v) is 7.10. The Morgan fingerprint density at radius 3 is 1.89 bits per heavy atom. The Kier molecular flexibility index (Phi) is 5.24. The molecule has 19 heavy (non-hydrogen) atoms. The molecule has 0 bridgehead atoms. The SMILES string of the molecule is CCCc1ccc(C(C)(C)CC)cc1C(C)(C)CC. The van der Waals surface area contributed by atoms with Gasteiger partial charge >= 0.3 is 0 Å². The standard InChI is InChI=1S/C19H32/c1-8-11-15-12-13-16(18(4,5)9-2)14-17(15)19(6,7)10-3/h12-14H,8-11H2,1-7H3. The summed E-state index contributed by atoms with van der Waals surface area (Å²) in [6, 6.07) is 7.21. The van der Waals surface area contributed by atoms with Crippen molar-refractivity contribution in [3.63, 3.8) is 0 Å². The van der Waals surface area contributed by atoms with Crippen LogP contribution in [0.2, 0.25) is 0 Å². The van der Waals surface area contributed by atoms with Crippen molar-refractivity contribution in [1.29, 1.82) is 0 Å². The third-order valence-electron chi connectivity index (χ3n) is 4.91. The fraction of sp³-hybridized carbons (Fsp3) is 0.684. The van der Waals surface area contributed by atoms with Gasteiger partial charge in [-0.3, -0.25) is 0 Å². The normalized spacial score (nSPS) is 12.8. The van der Waals surface area contributed by atoms with Crippen LogP contribution < -0.4 is 0 Å². The third kappa shape index (κ3) is 3.61. The Bertz CT molecular complexity index is 410. The molecule has 1 rings (SSSR count). The average Bonchev–Trinajstić information content (AvgIpc) is 2.39. The molecule has 0 heteroatoms. The van der Waals surface area contributed by atoms with E-state index in [-0.39, 0.29) is 10.8 Å². The van der Waals surface area contributed by atoms with Gasteiger partial charge < -0.3 is 0 Å². The van der Waals surface area contributed by atoms with Gasteiger partial charge in [0.2, 0.25) is 0 Å². The molecule has 0 fully saturated rings. The van der Waals surface area contributed by atoms with Crippen LogP contribution in [0.3, 0.4) is 0 Å². The first-order valence-electron chi connectivity index (χ1n) is 7.92. The highest BCUT2D eigenvalue weighted by Gasteiger charge is 2.25. The lowest BCUT2D eigenvalue weighted by Gasteiger charge is -2.31. The number of hydrogen-bond donors (Lipinski definition) is 0. The first-order valence-corrected chi connectivity index (χ1v) is 7.92. The minimum atomic E-state index is 0.281. The predicted octanol–water partition coefficient (Wildman–Crippen LogP) is 6.01. The molecule has 0 atom stereocenters. The molecule has 0 N–H and O–H groups in total. The summed E-state index contributed by atoms with van der Waals surface area (Å²) in [7, 11) is 0. The average molecular weight is 260 g/mol. The van der Waals surface area contributed by atoms with Crippen LogP contribution in [0.5, 0.6) is 0 Å². The van der Waals surface area contributed by atoms with Gasteiger partial charge in [-0.1, -0.05) is 73.1 Å². The van der Waals surface area contributed by atoms with Gasteiger partial charge in [-0.15, -0.1) is 0 Å². The summed E-state index contributed by atoms with van der Waals surface area (Å²) < 4.78 is 0. The van der Waals surface area contributed by atoms with Crippen LogP contribution in [0.1, 0.15) is 84.4 Å². The molecule has 0 saturated carbocycles. The van der Waals surface area contributed by atoms with E-state index >= 15 is 0 Å². The van der Waals surface area contributed by atoms with Crippen molar-refractivity contribution in [2.45, 2.75) is 85.0 Å². The van der Waals surface area contributed by atoms with Crippen LogP contribution in [-0.4, -0.2) is 0 Å². The van der Waals surface area contributed by atoms with Gasteiger partial charge in [-0.2, -0.15) is 0 Å². The Hall–Kier alpha value is -0.780. The van der Waals surface area contributed by atoms with E-state index in [2.05, 4.69) is 66.7 Å². The minimum Gasteiger partial charge on any atom is -0.0651 e. The molecular formula is C19H32. The molecular weight excluding hydrogens is 228 g/mol. The fourth-order valence-corrected chi connectivity index (χ4v) is 2.51. The van der Waals surface area contributed by atoms with Crippen LogP contribution in [0.15, 0.2) is 18.2 Å². The van der Waals surface area contributed by atoms with E-state index in [1.54, 1.807) is 11.1 Å². The molecule has 0 spiro atoms. The lowest BCUT2D eigenvalue weighted by Crippen LogP contribution is -2.21. The van der Waals surface area contributed by atoms with Crippen molar-refractivity contribution in [2.24, 2.45) is 0 Å². The molecule has 0 unspecified atom stereocenters. The zero-order valence-corrected chi connectivity index (χ0v) is 14.1. The minimum absolute atomic E-state index is 0.281. The molecule has 0 heterocycles. The summed E-state index contributed by atoms with van der Waals surface area (Å²) in [4.78, 5) is 0. The van der Waals surface area contributed by atoms with Crippen LogP contribution in [-0.2, 0) is 17.3 Å². The lowest BCUT2D eigenvalue weighted by molar-refractivity contribution is 0.485. The van der Waals surface area contributed by atoms with Gasteiger partial charge in [0.25, 0.3) is 0 Å². The number of benzene rings is 1. The van der Waals surface area contributed by atoms with Gasteiger partial charge in [0.15, 0.2) is 0 Å². The first-order chi connectivity index (χ1) is 8.78. The van der Waals surface area contributed by atoms with Crippen LogP contribution >= 0.6 is 0 Å². The van der Waals surface area contributed by atoms with Crippen molar-refractivity contribution >= 4 is 0 Å². The third-order valence-corrected chi connectivity index (χ3v) is 4.91. The van der Waals surface area contributed by atoms with E-state index < -0.39 is 0 Å². The van der Waals surface area contributed by atoms with Gasteiger partial charge in [0.05, 0.1) is 0 Å². The summed E-state index contributed by atoms with van der Waals surface area (Å²) >= 11 is 0. The van der Waals surface area contributed by atoms with E-state index in [4.69, 9.17) is 0 Å². The summed E-state index contributed by atoms with van der Waals surface area (Å²) in [5, 5.41) is 0. The van der Waals surface area contributed by atoms with E-state index in [1.165, 1.54) is 31.2 Å². The first kappa shape index (κ1) is 16.3. The van der Waals surface area contributed by atoms with E-state index in [0.29, 0.717) is 0 Å². The highest BCUT2D eigenvalue weighted by molar-refractivity contribution is 5.39. The van der Waals surface area contributed by atoms with Crippen LogP contribution in [0.4, 0.5) is 0 Å². The maximum Gasteiger partial charge on any atom is -0.0103 e. The van der Waals surface area contributed by atoms with Crippen LogP contribution in [0.25, 0.3) is 0 Å². The molecule has 0 amide bonds. The van der Waals surface area contributed by atoms with Crippen molar-refractivity contribution in [3.8, 4) is 0 Å². The monoisotopic (exact) mass is 260 g/mol. The topological polar surface area (TPSA) is 0 Å². The smallest absolute Gasteiger partial charge is 0.0103 e. The number of hydrogen-bond acceptors (Lipinski definition) is 0. The Balaban J connectivity index is 3.34. The van der Waals surface area contributed by atoms with E-state index in [1.807, 2.05) is 0 Å². The molecule has 1 aromatic carbocycles. The second kappa shape index (κ2) is 6.11. The predicted molar refractivity (Wildman–Crippen MR) is 87.1 cm³/mol. The number of aryl methyl sites for hydroxylation is 1. The van der Waals surface area contributed by atoms with Gasteiger partial charge in [-0.05, 0) is 46.8 Å². The molecule has 0 nitrogen and oxygen atoms in total. The number of rotatable bonds is 6. The van der Waals surface area contributed by atoms with Crippen molar-refractivity contribution in [2.75, 3.05) is 0 Å². The van der Waals surface area contributed by atoms with Crippen LogP contribution in [0, 0.1) is 0 Å². The summed E-state index contributed by atoms with van der Waals surface area (Å²) in [6.45, 7) is 16.3.